The highest BCUT2D eigenvalue weighted by atomic mass is 16.5. The molecule has 6 nitrogen and oxygen atoms in total. The van der Waals surface area contributed by atoms with E-state index in [1.54, 1.807) is 13.2 Å². The van der Waals surface area contributed by atoms with Crippen LogP contribution in [-0.4, -0.2) is 36.5 Å². The molecule has 1 atom stereocenters. The zero-order valence-corrected chi connectivity index (χ0v) is 9.68. The number of aliphatic hydroxyl groups excluding tert-OH is 1. The van der Waals surface area contributed by atoms with Gasteiger partial charge in [-0.2, -0.15) is 5.26 Å². The molecule has 6 heteroatoms. The lowest BCUT2D eigenvalue weighted by atomic mass is 10.2. The van der Waals surface area contributed by atoms with Gasteiger partial charge in [-0.05, 0) is 12.5 Å². The molecule has 0 aliphatic carbocycles. The first-order chi connectivity index (χ1) is 8.21. The van der Waals surface area contributed by atoms with Crippen LogP contribution >= 0.6 is 0 Å². The van der Waals surface area contributed by atoms with Gasteiger partial charge in [0.1, 0.15) is 11.9 Å². The first kappa shape index (κ1) is 13.2. The number of ether oxygens (including phenoxy) is 1. The molecule has 1 unspecified atom stereocenters. The highest BCUT2D eigenvalue weighted by Crippen LogP contribution is 2.15. The molecule has 0 saturated carbocycles. The van der Waals surface area contributed by atoms with Gasteiger partial charge in [0.25, 0.3) is 0 Å². The average molecular weight is 236 g/mol. The topological polar surface area (TPSA) is 104 Å². The van der Waals surface area contributed by atoms with E-state index in [-0.39, 0.29) is 12.6 Å². The van der Waals surface area contributed by atoms with Crippen molar-refractivity contribution in [1.82, 2.24) is 4.98 Å². The third-order valence-electron chi connectivity index (χ3n) is 2.22. The largest absolute Gasteiger partial charge is 0.397 e. The van der Waals surface area contributed by atoms with Crippen molar-refractivity contribution in [3.8, 4) is 6.07 Å². The van der Waals surface area contributed by atoms with Crippen LogP contribution in [0.3, 0.4) is 0 Å². The number of nitrogens with two attached hydrogens (primary N) is 1. The molecule has 0 amide bonds. The van der Waals surface area contributed by atoms with Gasteiger partial charge in [0.15, 0.2) is 0 Å². The Morgan fingerprint density at radius 2 is 2.47 bits per heavy atom. The zero-order chi connectivity index (χ0) is 12.7. The summed E-state index contributed by atoms with van der Waals surface area (Å²) in [4.78, 5) is 4.06. The Hall–Kier alpha value is -1.84. The molecule has 17 heavy (non-hydrogen) atoms. The van der Waals surface area contributed by atoms with E-state index in [9.17, 15) is 0 Å². The van der Waals surface area contributed by atoms with Crippen LogP contribution in [0.1, 0.15) is 12.0 Å². The number of aliphatic hydroxyl groups is 1. The second kappa shape index (κ2) is 6.68. The number of hydrogen-bond acceptors (Lipinski definition) is 6. The molecule has 1 aromatic heterocycles. The van der Waals surface area contributed by atoms with Crippen molar-refractivity contribution in [1.29, 1.82) is 5.26 Å². The Kier molecular flexibility index (Phi) is 5.20. The summed E-state index contributed by atoms with van der Waals surface area (Å²) in [6.45, 7) is 0.468. The molecule has 0 radical (unpaired) electrons. The van der Waals surface area contributed by atoms with Crippen molar-refractivity contribution in [2.24, 2.45) is 0 Å². The SMILES string of the molecule is COCC(CCO)Nc1ncc(N)cc1C#N. The number of anilines is 2. The first-order valence-corrected chi connectivity index (χ1v) is 5.23. The van der Waals surface area contributed by atoms with Crippen molar-refractivity contribution in [2.75, 3.05) is 31.4 Å². The summed E-state index contributed by atoms with van der Waals surface area (Å²) in [6, 6.07) is 3.48. The number of hydrogen-bond donors (Lipinski definition) is 3. The molecule has 92 valence electrons. The average Bonchev–Trinajstić information content (AvgIpc) is 2.32. The summed E-state index contributed by atoms with van der Waals surface area (Å²) >= 11 is 0. The van der Waals surface area contributed by atoms with Crippen LogP contribution in [0.25, 0.3) is 0 Å². The van der Waals surface area contributed by atoms with Gasteiger partial charge in [-0.3, -0.25) is 0 Å². The number of nitrogen functional groups attached to an aromatic ring is 1. The number of nitriles is 1. The Bertz CT molecular complexity index is 397. The van der Waals surface area contributed by atoms with Crippen LogP contribution in [0.2, 0.25) is 0 Å². The number of nitrogens with one attached hydrogen (secondary N) is 1. The molecule has 1 rings (SSSR count). The molecule has 1 aromatic rings. The predicted octanol–water partition coefficient (Wildman–Crippen LogP) is 0.345. The van der Waals surface area contributed by atoms with Crippen LogP contribution in [-0.2, 0) is 4.74 Å². The van der Waals surface area contributed by atoms with E-state index in [4.69, 9.17) is 20.8 Å². The van der Waals surface area contributed by atoms with Crippen LogP contribution in [0.5, 0.6) is 0 Å². The van der Waals surface area contributed by atoms with Gasteiger partial charge in [0.05, 0.1) is 30.1 Å². The Balaban J connectivity index is 2.81. The Morgan fingerprint density at radius 1 is 1.71 bits per heavy atom. The molecule has 0 aromatic carbocycles. The fourth-order valence-corrected chi connectivity index (χ4v) is 1.43. The molecular formula is C11H16N4O2. The van der Waals surface area contributed by atoms with Crippen molar-refractivity contribution >= 4 is 11.5 Å². The smallest absolute Gasteiger partial charge is 0.144 e. The van der Waals surface area contributed by atoms with Gasteiger partial charge in [0.2, 0.25) is 0 Å². The van der Waals surface area contributed by atoms with Gasteiger partial charge < -0.3 is 20.9 Å². The van der Waals surface area contributed by atoms with E-state index in [0.29, 0.717) is 30.1 Å². The lowest BCUT2D eigenvalue weighted by Crippen LogP contribution is -2.27. The molecule has 0 aliphatic heterocycles. The maximum atomic E-state index is 8.95. The number of rotatable bonds is 6. The molecule has 1 heterocycles. The number of methoxy groups -OCH3 is 1. The van der Waals surface area contributed by atoms with Crippen molar-refractivity contribution in [3.63, 3.8) is 0 Å². The lowest BCUT2D eigenvalue weighted by molar-refractivity contribution is 0.170. The molecule has 0 bridgehead atoms. The van der Waals surface area contributed by atoms with Gasteiger partial charge in [-0.15, -0.1) is 0 Å². The Labute approximate surface area is 100 Å². The van der Waals surface area contributed by atoms with Crippen molar-refractivity contribution in [2.45, 2.75) is 12.5 Å². The van der Waals surface area contributed by atoms with Gasteiger partial charge >= 0.3 is 0 Å². The number of pyridine rings is 1. The maximum Gasteiger partial charge on any atom is 0.144 e. The minimum atomic E-state index is -0.0896. The fraction of sp³-hybridized carbons (Fsp3) is 0.455. The third kappa shape index (κ3) is 3.90. The standard InChI is InChI=1S/C11H16N4O2/c1-17-7-10(2-3-16)15-11-8(5-12)4-9(13)6-14-11/h4,6,10,16H,2-3,7,13H2,1H3,(H,14,15). The van der Waals surface area contributed by atoms with E-state index < -0.39 is 0 Å². The summed E-state index contributed by atoms with van der Waals surface area (Å²) in [5, 5.41) is 20.9. The lowest BCUT2D eigenvalue weighted by Gasteiger charge is -2.18. The highest BCUT2D eigenvalue weighted by Gasteiger charge is 2.11. The second-order valence-corrected chi connectivity index (χ2v) is 3.59. The number of aromatic nitrogens is 1. The van der Waals surface area contributed by atoms with Crippen molar-refractivity contribution < 1.29 is 9.84 Å². The monoisotopic (exact) mass is 236 g/mol. The van der Waals surface area contributed by atoms with Crippen LogP contribution in [0, 0.1) is 11.3 Å². The normalized spacial score (nSPS) is 11.8. The van der Waals surface area contributed by atoms with Crippen molar-refractivity contribution in [3.05, 3.63) is 17.8 Å². The summed E-state index contributed by atoms with van der Waals surface area (Å²) in [7, 11) is 1.58. The minimum Gasteiger partial charge on any atom is -0.397 e. The molecule has 0 aliphatic rings. The van der Waals surface area contributed by atoms with Gasteiger partial charge in [0, 0.05) is 13.7 Å². The molecule has 4 N–H and O–H groups in total. The third-order valence-corrected chi connectivity index (χ3v) is 2.22. The molecule has 0 saturated heterocycles. The van der Waals surface area contributed by atoms with E-state index >= 15 is 0 Å². The summed E-state index contributed by atoms with van der Waals surface area (Å²) < 4.78 is 5.02. The fourth-order valence-electron chi connectivity index (χ4n) is 1.43. The first-order valence-electron chi connectivity index (χ1n) is 5.23. The van der Waals surface area contributed by atoms with Crippen LogP contribution in [0.15, 0.2) is 12.3 Å². The zero-order valence-electron chi connectivity index (χ0n) is 9.68. The van der Waals surface area contributed by atoms with Crippen LogP contribution < -0.4 is 11.1 Å². The number of nitrogens with zero attached hydrogens (tertiary/aromatic N) is 2. The van der Waals surface area contributed by atoms with E-state index in [1.165, 1.54) is 6.20 Å². The quantitative estimate of drug-likeness (QED) is 0.658. The van der Waals surface area contributed by atoms with E-state index in [2.05, 4.69) is 10.3 Å². The molecular weight excluding hydrogens is 220 g/mol. The second-order valence-electron chi connectivity index (χ2n) is 3.59. The molecule has 0 fully saturated rings. The molecule has 0 spiro atoms. The van der Waals surface area contributed by atoms with Gasteiger partial charge in [-0.1, -0.05) is 0 Å². The van der Waals surface area contributed by atoms with E-state index in [1.807, 2.05) is 6.07 Å². The summed E-state index contributed by atoms with van der Waals surface area (Å²) in [5.74, 6) is 0.456. The minimum absolute atomic E-state index is 0.0396. The highest BCUT2D eigenvalue weighted by molar-refractivity contribution is 5.57. The van der Waals surface area contributed by atoms with Gasteiger partial charge in [-0.25, -0.2) is 4.98 Å². The Morgan fingerprint density at radius 3 is 3.06 bits per heavy atom. The van der Waals surface area contributed by atoms with Crippen LogP contribution in [0.4, 0.5) is 11.5 Å². The summed E-state index contributed by atoms with van der Waals surface area (Å²) in [5.41, 5.74) is 6.37. The predicted molar refractivity (Wildman–Crippen MR) is 64.4 cm³/mol. The maximum absolute atomic E-state index is 8.95. The summed E-state index contributed by atoms with van der Waals surface area (Å²) in [6.07, 6.45) is 2.00. The van der Waals surface area contributed by atoms with E-state index in [0.717, 1.165) is 0 Å².